The molecule has 0 radical (unpaired) electrons. The van der Waals surface area contributed by atoms with Crippen LogP contribution in [-0.4, -0.2) is 70.4 Å². The minimum absolute atomic E-state index is 0.132. The Bertz CT molecular complexity index is 688. The molecular formula is C21H32N4O2. The van der Waals surface area contributed by atoms with E-state index < -0.39 is 0 Å². The van der Waals surface area contributed by atoms with E-state index >= 15 is 0 Å². The molecule has 0 bridgehead atoms. The van der Waals surface area contributed by atoms with Gasteiger partial charge in [-0.1, -0.05) is 0 Å². The zero-order chi connectivity index (χ0) is 18.4. The lowest BCUT2D eigenvalue weighted by Crippen LogP contribution is -2.73. The number of hydrogen-bond acceptors (Lipinski definition) is 4. The number of rotatable bonds is 7. The van der Waals surface area contributed by atoms with Gasteiger partial charge in [0.1, 0.15) is 0 Å². The van der Waals surface area contributed by atoms with Gasteiger partial charge in [-0.3, -0.25) is 14.4 Å². The van der Waals surface area contributed by atoms with E-state index in [1.807, 2.05) is 18.1 Å². The normalized spacial score (nSPS) is 27.7. The number of ether oxygens (including phenoxy) is 1. The second kappa shape index (κ2) is 6.89. The number of hydrogen-bond donors (Lipinski definition) is 0. The average Bonchev–Trinajstić information content (AvgIpc) is 3.55. The van der Waals surface area contributed by atoms with Gasteiger partial charge in [0.25, 0.3) is 5.91 Å². The van der Waals surface area contributed by atoms with Crippen molar-refractivity contribution in [2.75, 3.05) is 39.4 Å². The third kappa shape index (κ3) is 3.79. The summed E-state index contributed by atoms with van der Waals surface area (Å²) in [5, 5.41) is 4.15. The highest BCUT2D eigenvalue weighted by Gasteiger charge is 2.53. The molecule has 1 aromatic rings. The monoisotopic (exact) mass is 372 g/mol. The molecule has 0 unspecified atom stereocenters. The minimum atomic E-state index is 0.132. The molecule has 1 atom stereocenters. The Morgan fingerprint density at radius 1 is 1.15 bits per heavy atom. The van der Waals surface area contributed by atoms with Crippen molar-refractivity contribution in [3.8, 4) is 0 Å². The highest BCUT2D eigenvalue weighted by molar-refractivity contribution is 5.94. The molecule has 2 saturated carbocycles. The van der Waals surface area contributed by atoms with Gasteiger partial charge in [0.2, 0.25) is 0 Å². The molecule has 2 aliphatic carbocycles. The van der Waals surface area contributed by atoms with Crippen molar-refractivity contribution in [3.63, 3.8) is 0 Å². The van der Waals surface area contributed by atoms with Crippen LogP contribution in [0, 0.1) is 17.8 Å². The molecule has 6 heteroatoms. The summed E-state index contributed by atoms with van der Waals surface area (Å²) in [7, 11) is 1.86. The van der Waals surface area contributed by atoms with Crippen molar-refractivity contribution >= 4 is 5.91 Å². The van der Waals surface area contributed by atoms with Gasteiger partial charge in [-0.25, -0.2) is 0 Å². The van der Waals surface area contributed by atoms with Crippen LogP contribution in [0.25, 0.3) is 0 Å². The van der Waals surface area contributed by atoms with E-state index in [2.05, 4.69) is 10.00 Å². The SMILES string of the molecule is Cn1cc(C(=O)N2CC3(C[C@@H](COCC4CC4)CCN3CC3CC3)C2)cn1. The Balaban J connectivity index is 1.21. The predicted molar refractivity (Wildman–Crippen MR) is 102 cm³/mol. The molecule has 0 aromatic carbocycles. The summed E-state index contributed by atoms with van der Waals surface area (Å²) in [4.78, 5) is 17.5. The molecule has 1 amide bonds. The molecule has 2 aliphatic heterocycles. The third-order valence-corrected chi connectivity index (χ3v) is 6.94. The number of piperidine rings is 1. The van der Waals surface area contributed by atoms with E-state index in [1.165, 1.54) is 51.6 Å². The second-order valence-corrected chi connectivity index (χ2v) is 9.52. The number of amides is 1. The van der Waals surface area contributed by atoms with Gasteiger partial charge >= 0.3 is 0 Å². The molecule has 27 heavy (non-hydrogen) atoms. The van der Waals surface area contributed by atoms with E-state index in [0.29, 0.717) is 11.5 Å². The Morgan fingerprint density at radius 3 is 2.56 bits per heavy atom. The first-order valence-corrected chi connectivity index (χ1v) is 10.7. The Morgan fingerprint density at radius 2 is 1.89 bits per heavy atom. The van der Waals surface area contributed by atoms with Crippen molar-refractivity contribution in [1.82, 2.24) is 19.6 Å². The molecule has 4 fully saturated rings. The Hall–Kier alpha value is -1.40. The van der Waals surface area contributed by atoms with E-state index in [-0.39, 0.29) is 11.4 Å². The molecular weight excluding hydrogens is 340 g/mol. The first-order chi connectivity index (χ1) is 13.1. The Kier molecular flexibility index (Phi) is 4.51. The van der Waals surface area contributed by atoms with Crippen LogP contribution >= 0.6 is 0 Å². The predicted octanol–water partition coefficient (Wildman–Crippen LogP) is 2.16. The lowest BCUT2D eigenvalue weighted by Gasteiger charge is -2.59. The van der Waals surface area contributed by atoms with Gasteiger partial charge in [0.15, 0.2) is 0 Å². The van der Waals surface area contributed by atoms with E-state index in [1.54, 1.807) is 10.9 Å². The van der Waals surface area contributed by atoms with Crippen LogP contribution in [0.1, 0.15) is 48.9 Å². The van der Waals surface area contributed by atoms with Gasteiger partial charge in [-0.2, -0.15) is 5.10 Å². The number of aromatic nitrogens is 2. The van der Waals surface area contributed by atoms with Gasteiger partial charge in [-0.05, 0) is 62.8 Å². The maximum absolute atomic E-state index is 12.8. The number of aryl methyl sites for hydroxylation is 1. The maximum atomic E-state index is 12.8. The van der Waals surface area contributed by atoms with Crippen molar-refractivity contribution in [2.45, 2.75) is 44.1 Å². The Labute approximate surface area is 161 Å². The fourth-order valence-corrected chi connectivity index (χ4v) is 4.92. The van der Waals surface area contributed by atoms with Crippen LogP contribution in [-0.2, 0) is 11.8 Å². The lowest BCUT2D eigenvalue weighted by molar-refractivity contribution is -0.0895. The van der Waals surface area contributed by atoms with Crippen molar-refractivity contribution in [1.29, 1.82) is 0 Å². The first kappa shape index (κ1) is 17.7. The molecule has 0 N–H and O–H groups in total. The number of carbonyl (C=O) groups is 1. The topological polar surface area (TPSA) is 50.6 Å². The molecule has 5 rings (SSSR count). The average molecular weight is 373 g/mol. The quantitative estimate of drug-likeness (QED) is 0.736. The molecule has 1 spiro atoms. The van der Waals surface area contributed by atoms with E-state index in [9.17, 15) is 4.79 Å². The number of carbonyl (C=O) groups excluding carboxylic acids is 1. The summed E-state index contributed by atoms with van der Waals surface area (Å²) < 4.78 is 7.73. The number of likely N-dealkylation sites (tertiary alicyclic amines) is 2. The van der Waals surface area contributed by atoms with Crippen molar-refractivity contribution in [3.05, 3.63) is 18.0 Å². The smallest absolute Gasteiger partial charge is 0.257 e. The van der Waals surface area contributed by atoms with Gasteiger partial charge in [0.05, 0.1) is 17.3 Å². The molecule has 148 valence electrons. The summed E-state index contributed by atoms with van der Waals surface area (Å²) in [5.41, 5.74) is 0.896. The largest absolute Gasteiger partial charge is 0.381 e. The second-order valence-electron chi connectivity index (χ2n) is 9.52. The highest BCUT2D eigenvalue weighted by atomic mass is 16.5. The van der Waals surface area contributed by atoms with Gasteiger partial charge < -0.3 is 9.64 Å². The summed E-state index contributed by atoms with van der Waals surface area (Å²) in [5.74, 6) is 2.51. The van der Waals surface area contributed by atoms with Crippen LogP contribution in [0.5, 0.6) is 0 Å². The fourth-order valence-electron chi connectivity index (χ4n) is 4.92. The summed E-state index contributed by atoms with van der Waals surface area (Å²) in [6, 6.07) is 0. The van der Waals surface area contributed by atoms with Crippen LogP contribution < -0.4 is 0 Å². The maximum Gasteiger partial charge on any atom is 0.257 e. The molecule has 1 aromatic heterocycles. The standard InChI is InChI=1S/C21H32N4O2/c1-23-11-19(9-22-23)20(26)24-14-21(15-24)8-18(13-27-12-17-4-5-17)6-7-25(21)10-16-2-3-16/h9,11,16-18H,2-8,10,12-15H2,1H3/t18-/m0/s1. The van der Waals surface area contributed by atoms with Crippen molar-refractivity contribution < 1.29 is 9.53 Å². The molecule has 6 nitrogen and oxygen atoms in total. The highest BCUT2D eigenvalue weighted by Crippen LogP contribution is 2.42. The van der Waals surface area contributed by atoms with Crippen LogP contribution in [0.2, 0.25) is 0 Å². The molecule has 2 saturated heterocycles. The lowest BCUT2D eigenvalue weighted by atomic mass is 9.74. The zero-order valence-electron chi connectivity index (χ0n) is 16.5. The van der Waals surface area contributed by atoms with Crippen LogP contribution in [0.15, 0.2) is 12.4 Å². The van der Waals surface area contributed by atoms with E-state index in [4.69, 9.17) is 4.74 Å². The van der Waals surface area contributed by atoms with E-state index in [0.717, 1.165) is 38.1 Å². The zero-order valence-corrected chi connectivity index (χ0v) is 16.5. The number of nitrogens with zero attached hydrogens (tertiary/aromatic N) is 4. The fraction of sp³-hybridized carbons (Fsp3) is 0.810. The summed E-state index contributed by atoms with van der Waals surface area (Å²) in [6.07, 6.45) is 11.4. The third-order valence-electron chi connectivity index (χ3n) is 6.94. The summed E-state index contributed by atoms with van der Waals surface area (Å²) >= 11 is 0. The van der Waals surface area contributed by atoms with Crippen LogP contribution in [0.4, 0.5) is 0 Å². The molecule has 4 aliphatic rings. The molecule has 3 heterocycles. The van der Waals surface area contributed by atoms with Gasteiger partial charge in [0, 0.05) is 46.1 Å². The van der Waals surface area contributed by atoms with Crippen molar-refractivity contribution in [2.24, 2.45) is 24.8 Å². The minimum Gasteiger partial charge on any atom is -0.381 e. The first-order valence-electron chi connectivity index (χ1n) is 10.7. The van der Waals surface area contributed by atoms with Gasteiger partial charge in [-0.15, -0.1) is 0 Å². The van der Waals surface area contributed by atoms with Crippen LogP contribution in [0.3, 0.4) is 0 Å². The summed E-state index contributed by atoms with van der Waals surface area (Å²) in [6.45, 7) is 6.00.